The highest BCUT2D eigenvalue weighted by molar-refractivity contribution is 5.83. The van der Waals surface area contributed by atoms with Crippen molar-refractivity contribution in [3.05, 3.63) is 0 Å². The second kappa shape index (κ2) is 5.04. The molecule has 0 aromatic rings. The first-order valence-electron chi connectivity index (χ1n) is 6.36. The molecule has 2 atom stereocenters. The highest BCUT2D eigenvalue weighted by atomic mass is 16.4. The maximum atomic E-state index is 12.0. The Hall–Kier alpha value is -1.10. The predicted molar refractivity (Wildman–Crippen MR) is 62.6 cm³/mol. The molecule has 5 nitrogen and oxygen atoms in total. The summed E-state index contributed by atoms with van der Waals surface area (Å²) in [4.78, 5) is 24.9. The number of aliphatic carboxylic acids is 1. The number of rotatable bonds is 4. The van der Waals surface area contributed by atoms with Gasteiger partial charge in [0.15, 0.2) is 0 Å². The van der Waals surface area contributed by atoms with E-state index >= 15 is 0 Å². The van der Waals surface area contributed by atoms with Crippen molar-refractivity contribution in [3.63, 3.8) is 0 Å². The average molecular weight is 240 g/mol. The van der Waals surface area contributed by atoms with Crippen molar-refractivity contribution >= 4 is 11.9 Å². The van der Waals surface area contributed by atoms with Crippen molar-refractivity contribution < 1.29 is 14.7 Å². The Kier molecular flexibility index (Phi) is 3.66. The Morgan fingerprint density at radius 1 is 1.47 bits per heavy atom. The van der Waals surface area contributed by atoms with Gasteiger partial charge in [0.05, 0.1) is 6.04 Å². The first kappa shape index (κ1) is 12.4. The van der Waals surface area contributed by atoms with Crippen molar-refractivity contribution in [2.75, 3.05) is 6.54 Å². The fraction of sp³-hybridized carbons (Fsp3) is 0.833. The lowest BCUT2D eigenvalue weighted by Crippen LogP contribution is -2.46. The van der Waals surface area contributed by atoms with E-state index in [0.29, 0.717) is 12.5 Å². The number of carbonyl (C=O) groups excluding carboxylic acids is 1. The first-order chi connectivity index (χ1) is 8.08. The predicted octanol–water partition coefficient (Wildman–Crippen LogP) is 0.593. The van der Waals surface area contributed by atoms with E-state index in [2.05, 4.69) is 10.2 Å². The maximum absolute atomic E-state index is 12.0. The van der Waals surface area contributed by atoms with Crippen LogP contribution in [0.5, 0.6) is 0 Å². The Bertz CT molecular complexity index is 315. The summed E-state index contributed by atoms with van der Waals surface area (Å²) in [6, 6.07) is 0.451. The van der Waals surface area contributed by atoms with Crippen LogP contribution in [0.25, 0.3) is 0 Å². The number of carbonyl (C=O) groups is 2. The third-order valence-electron chi connectivity index (χ3n) is 3.56. The lowest BCUT2D eigenvalue weighted by atomic mass is 10.1. The molecule has 1 saturated carbocycles. The molecule has 0 bridgehead atoms. The molecule has 5 heteroatoms. The van der Waals surface area contributed by atoms with Crippen molar-refractivity contribution in [1.82, 2.24) is 10.2 Å². The van der Waals surface area contributed by atoms with E-state index in [1.54, 1.807) is 0 Å². The lowest BCUT2D eigenvalue weighted by Gasteiger charge is -2.27. The third kappa shape index (κ3) is 3.19. The largest absolute Gasteiger partial charge is 0.481 e. The zero-order valence-electron chi connectivity index (χ0n) is 10.2. The minimum absolute atomic E-state index is 0.00292. The lowest BCUT2D eigenvalue weighted by molar-refractivity contribution is -0.137. The summed E-state index contributed by atoms with van der Waals surface area (Å²) in [5, 5.41) is 11.7. The molecule has 1 aliphatic carbocycles. The van der Waals surface area contributed by atoms with Crippen LogP contribution in [0.15, 0.2) is 0 Å². The molecular weight excluding hydrogens is 220 g/mol. The Balaban J connectivity index is 2.03. The number of amides is 1. The topological polar surface area (TPSA) is 69.6 Å². The summed E-state index contributed by atoms with van der Waals surface area (Å²) >= 11 is 0. The van der Waals surface area contributed by atoms with Gasteiger partial charge in [0, 0.05) is 25.0 Å². The monoisotopic (exact) mass is 240 g/mol. The molecule has 0 spiro atoms. The fourth-order valence-corrected chi connectivity index (χ4v) is 2.46. The van der Waals surface area contributed by atoms with Crippen molar-refractivity contribution in [2.24, 2.45) is 0 Å². The van der Waals surface area contributed by atoms with Crippen molar-refractivity contribution in [2.45, 2.75) is 57.2 Å². The van der Waals surface area contributed by atoms with Gasteiger partial charge in [-0.1, -0.05) is 0 Å². The molecule has 17 heavy (non-hydrogen) atoms. The number of hydrogen-bond acceptors (Lipinski definition) is 3. The maximum Gasteiger partial charge on any atom is 0.303 e. The molecule has 0 aromatic carbocycles. The Labute approximate surface area is 101 Å². The van der Waals surface area contributed by atoms with Crippen molar-refractivity contribution in [3.8, 4) is 0 Å². The normalized spacial score (nSPS) is 30.8. The zero-order chi connectivity index (χ0) is 12.4. The molecule has 1 aliphatic heterocycles. The molecular formula is C12H20N2O3. The second-order valence-electron chi connectivity index (χ2n) is 5.12. The molecule has 2 unspecified atom stereocenters. The van der Waals surface area contributed by atoms with Crippen LogP contribution in [0.3, 0.4) is 0 Å². The quantitative estimate of drug-likeness (QED) is 0.754. The minimum atomic E-state index is -0.828. The summed E-state index contributed by atoms with van der Waals surface area (Å²) in [5.74, 6) is -0.825. The molecule has 0 aromatic heterocycles. The Morgan fingerprint density at radius 3 is 2.76 bits per heavy atom. The van der Waals surface area contributed by atoms with E-state index in [1.807, 2.05) is 6.92 Å². The van der Waals surface area contributed by atoms with Crippen LogP contribution in [0.4, 0.5) is 0 Å². The Morgan fingerprint density at radius 2 is 2.18 bits per heavy atom. The summed E-state index contributed by atoms with van der Waals surface area (Å²) < 4.78 is 0. The average Bonchev–Trinajstić information content (AvgIpc) is 3.04. The van der Waals surface area contributed by atoms with Gasteiger partial charge in [0.25, 0.3) is 0 Å². The van der Waals surface area contributed by atoms with Crippen LogP contribution in [-0.2, 0) is 9.59 Å². The summed E-state index contributed by atoms with van der Waals surface area (Å²) in [7, 11) is 0. The van der Waals surface area contributed by atoms with E-state index in [0.717, 1.165) is 25.8 Å². The van der Waals surface area contributed by atoms with Crippen LogP contribution in [0.2, 0.25) is 0 Å². The highest BCUT2D eigenvalue weighted by Crippen LogP contribution is 2.31. The van der Waals surface area contributed by atoms with Gasteiger partial charge in [-0.3, -0.25) is 14.5 Å². The number of carboxylic acids is 1. The number of carboxylic acid groups (broad SMARTS) is 1. The summed E-state index contributed by atoms with van der Waals surface area (Å²) in [6.45, 7) is 2.90. The molecule has 2 N–H and O–H groups in total. The van der Waals surface area contributed by atoms with Gasteiger partial charge in [-0.25, -0.2) is 0 Å². The first-order valence-corrected chi connectivity index (χ1v) is 6.36. The highest BCUT2D eigenvalue weighted by Gasteiger charge is 2.39. The van der Waals surface area contributed by atoms with Gasteiger partial charge in [-0.15, -0.1) is 0 Å². The number of nitrogens with zero attached hydrogens (tertiary/aromatic N) is 1. The molecule has 0 radical (unpaired) electrons. The van der Waals surface area contributed by atoms with Crippen LogP contribution in [-0.4, -0.2) is 46.6 Å². The van der Waals surface area contributed by atoms with Gasteiger partial charge in [0.2, 0.25) is 5.91 Å². The molecule has 1 heterocycles. The van der Waals surface area contributed by atoms with E-state index in [4.69, 9.17) is 5.11 Å². The standard InChI is InChI=1S/C12H20N2O3/c1-8-6-7-14(9-2-3-9)10(12(17)13-8)4-5-11(15)16/h8-10H,2-7H2,1H3,(H,13,17)(H,15,16). The van der Waals surface area contributed by atoms with Crippen molar-refractivity contribution in [1.29, 1.82) is 0 Å². The van der Waals surface area contributed by atoms with E-state index in [1.165, 1.54) is 0 Å². The molecule has 2 aliphatic rings. The second-order valence-corrected chi connectivity index (χ2v) is 5.12. The molecule has 2 fully saturated rings. The van der Waals surface area contributed by atoms with Crippen LogP contribution < -0.4 is 5.32 Å². The van der Waals surface area contributed by atoms with Gasteiger partial charge < -0.3 is 10.4 Å². The van der Waals surface area contributed by atoms with Gasteiger partial charge in [-0.2, -0.15) is 0 Å². The molecule has 1 amide bonds. The number of nitrogens with one attached hydrogen (secondary N) is 1. The molecule has 2 rings (SSSR count). The SMILES string of the molecule is CC1CCN(C2CC2)C(CCC(=O)O)C(=O)N1. The van der Waals surface area contributed by atoms with Crippen LogP contribution in [0.1, 0.15) is 39.0 Å². The summed E-state index contributed by atoms with van der Waals surface area (Å²) in [5.41, 5.74) is 0. The molecule has 96 valence electrons. The van der Waals surface area contributed by atoms with E-state index < -0.39 is 5.97 Å². The zero-order valence-corrected chi connectivity index (χ0v) is 10.2. The van der Waals surface area contributed by atoms with E-state index in [9.17, 15) is 9.59 Å². The van der Waals surface area contributed by atoms with Gasteiger partial charge in [0.1, 0.15) is 0 Å². The van der Waals surface area contributed by atoms with Crippen LogP contribution >= 0.6 is 0 Å². The summed E-state index contributed by atoms with van der Waals surface area (Å²) in [6.07, 6.45) is 3.72. The number of hydrogen-bond donors (Lipinski definition) is 2. The minimum Gasteiger partial charge on any atom is -0.481 e. The molecule has 1 saturated heterocycles. The van der Waals surface area contributed by atoms with Gasteiger partial charge in [-0.05, 0) is 32.6 Å². The van der Waals surface area contributed by atoms with Crippen LogP contribution in [0, 0.1) is 0 Å². The smallest absolute Gasteiger partial charge is 0.303 e. The fourth-order valence-electron chi connectivity index (χ4n) is 2.46. The third-order valence-corrected chi connectivity index (χ3v) is 3.56. The van der Waals surface area contributed by atoms with E-state index in [-0.39, 0.29) is 24.4 Å². The van der Waals surface area contributed by atoms with Gasteiger partial charge >= 0.3 is 5.97 Å².